The third-order valence-electron chi connectivity index (χ3n) is 3.92. The Morgan fingerprint density at radius 1 is 1.32 bits per heavy atom. The molecule has 6 heteroatoms. The van der Waals surface area contributed by atoms with Crippen molar-refractivity contribution in [2.24, 2.45) is 5.92 Å². The number of carboxylic acid groups (broad SMARTS) is 1. The number of nitrogen functional groups attached to an aromatic ring is 1. The van der Waals surface area contributed by atoms with Crippen molar-refractivity contribution < 1.29 is 9.90 Å². The highest BCUT2D eigenvalue weighted by atomic mass is 16.4. The summed E-state index contributed by atoms with van der Waals surface area (Å²) in [5, 5.41) is 9.63. The van der Waals surface area contributed by atoms with Crippen LogP contribution in [0.5, 0.6) is 0 Å². The molecule has 3 N–H and O–H groups in total. The van der Waals surface area contributed by atoms with Crippen LogP contribution in [0.4, 0.5) is 10.6 Å². The summed E-state index contributed by atoms with van der Waals surface area (Å²) in [6, 6.07) is 5.22. The summed E-state index contributed by atoms with van der Waals surface area (Å²) in [4.78, 5) is 19.7. The molecule has 0 aliphatic heterocycles. The number of pyridine rings is 1. The van der Waals surface area contributed by atoms with E-state index in [1.807, 2.05) is 0 Å². The molecule has 0 aliphatic rings. The van der Waals surface area contributed by atoms with E-state index in [9.17, 15) is 9.90 Å². The van der Waals surface area contributed by atoms with E-state index in [-0.39, 0.29) is 18.5 Å². The number of amides is 1. The molecule has 22 heavy (non-hydrogen) atoms. The van der Waals surface area contributed by atoms with E-state index in [0.717, 1.165) is 19.6 Å². The van der Waals surface area contributed by atoms with Crippen LogP contribution in [0.2, 0.25) is 0 Å². The van der Waals surface area contributed by atoms with Gasteiger partial charge in [-0.15, -0.1) is 0 Å². The van der Waals surface area contributed by atoms with E-state index in [0.29, 0.717) is 11.5 Å². The van der Waals surface area contributed by atoms with Crippen molar-refractivity contribution in [3.8, 4) is 0 Å². The van der Waals surface area contributed by atoms with Crippen molar-refractivity contribution in [2.75, 3.05) is 25.4 Å². The maximum atomic E-state index is 11.7. The van der Waals surface area contributed by atoms with Crippen LogP contribution in [-0.4, -0.2) is 51.7 Å². The van der Waals surface area contributed by atoms with Gasteiger partial charge in [0, 0.05) is 6.54 Å². The van der Waals surface area contributed by atoms with Gasteiger partial charge in [0.05, 0.1) is 18.3 Å². The highest BCUT2D eigenvalue weighted by Gasteiger charge is 2.28. The number of likely N-dealkylation sites (N-methyl/N-ethyl adjacent to an activating group) is 1. The molecular formula is C16H28N4O2. The summed E-state index contributed by atoms with van der Waals surface area (Å²) < 4.78 is 0. The molecule has 1 unspecified atom stereocenters. The number of rotatable bonds is 8. The molecule has 0 fully saturated rings. The van der Waals surface area contributed by atoms with Crippen LogP contribution in [0.1, 0.15) is 33.4 Å². The lowest BCUT2D eigenvalue weighted by Gasteiger charge is -2.35. The van der Waals surface area contributed by atoms with Crippen LogP contribution in [0.3, 0.4) is 0 Å². The van der Waals surface area contributed by atoms with Crippen molar-refractivity contribution in [1.29, 1.82) is 0 Å². The van der Waals surface area contributed by atoms with Gasteiger partial charge in [-0.3, -0.25) is 4.90 Å². The highest BCUT2D eigenvalue weighted by Crippen LogP contribution is 2.16. The molecular weight excluding hydrogens is 280 g/mol. The molecule has 1 amide bonds. The van der Waals surface area contributed by atoms with Crippen molar-refractivity contribution in [2.45, 2.75) is 40.3 Å². The molecule has 6 nitrogen and oxygen atoms in total. The zero-order valence-corrected chi connectivity index (χ0v) is 14.0. The molecule has 1 atom stereocenters. The molecule has 0 radical (unpaired) electrons. The maximum absolute atomic E-state index is 11.7. The quantitative estimate of drug-likeness (QED) is 0.771. The summed E-state index contributed by atoms with van der Waals surface area (Å²) in [6.45, 7) is 11.1. The van der Waals surface area contributed by atoms with E-state index < -0.39 is 6.09 Å². The largest absolute Gasteiger partial charge is 0.465 e. The Morgan fingerprint density at radius 3 is 2.41 bits per heavy atom. The van der Waals surface area contributed by atoms with Gasteiger partial charge in [0.25, 0.3) is 0 Å². The lowest BCUT2D eigenvalue weighted by atomic mass is 10.0. The summed E-state index contributed by atoms with van der Waals surface area (Å²) >= 11 is 0. The fourth-order valence-corrected chi connectivity index (χ4v) is 2.50. The molecule has 1 aromatic heterocycles. The third-order valence-corrected chi connectivity index (χ3v) is 3.92. The van der Waals surface area contributed by atoms with E-state index in [4.69, 9.17) is 5.73 Å². The molecule has 0 saturated carbocycles. The van der Waals surface area contributed by atoms with Crippen LogP contribution < -0.4 is 5.73 Å². The minimum absolute atomic E-state index is 0.0827. The lowest BCUT2D eigenvalue weighted by molar-refractivity contribution is 0.0850. The second kappa shape index (κ2) is 8.58. The molecule has 1 heterocycles. The summed E-state index contributed by atoms with van der Waals surface area (Å²) in [5.41, 5.74) is 6.36. The maximum Gasteiger partial charge on any atom is 0.407 e. The van der Waals surface area contributed by atoms with Gasteiger partial charge in [0.15, 0.2) is 0 Å². The molecule has 1 aromatic rings. The van der Waals surface area contributed by atoms with Crippen molar-refractivity contribution in [3.63, 3.8) is 0 Å². The molecule has 124 valence electrons. The van der Waals surface area contributed by atoms with Crippen molar-refractivity contribution >= 4 is 11.9 Å². The molecule has 0 aromatic carbocycles. The van der Waals surface area contributed by atoms with Crippen molar-refractivity contribution in [1.82, 2.24) is 14.8 Å². The van der Waals surface area contributed by atoms with Gasteiger partial charge < -0.3 is 15.7 Å². The fraction of sp³-hybridized carbons (Fsp3) is 0.625. The molecule has 0 aliphatic carbocycles. The Kier molecular flexibility index (Phi) is 7.11. The first-order valence-electron chi connectivity index (χ1n) is 7.82. The number of hydrogen-bond acceptors (Lipinski definition) is 4. The smallest absolute Gasteiger partial charge is 0.407 e. The van der Waals surface area contributed by atoms with Crippen molar-refractivity contribution in [3.05, 3.63) is 23.9 Å². The number of carbonyl (C=O) groups is 1. The Morgan fingerprint density at radius 2 is 1.95 bits per heavy atom. The second-order valence-electron chi connectivity index (χ2n) is 5.76. The monoisotopic (exact) mass is 308 g/mol. The number of aromatic nitrogens is 1. The van der Waals surface area contributed by atoms with E-state index in [2.05, 4.69) is 37.6 Å². The normalized spacial score (nSPS) is 12.6. The first kappa shape index (κ1) is 18.2. The second-order valence-corrected chi connectivity index (χ2v) is 5.76. The summed E-state index contributed by atoms with van der Waals surface area (Å²) in [7, 11) is 0. The van der Waals surface area contributed by atoms with Crippen LogP contribution >= 0.6 is 0 Å². The minimum Gasteiger partial charge on any atom is -0.465 e. The van der Waals surface area contributed by atoms with Gasteiger partial charge >= 0.3 is 6.09 Å². The van der Waals surface area contributed by atoms with E-state index in [1.165, 1.54) is 4.90 Å². The van der Waals surface area contributed by atoms with Gasteiger partial charge in [-0.2, -0.15) is 0 Å². The Labute approximate surface area is 132 Å². The number of anilines is 1. The number of hydrogen-bond donors (Lipinski definition) is 2. The van der Waals surface area contributed by atoms with Gasteiger partial charge in [-0.1, -0.05) is 33.8 Å². The lowest BCUT2D eigenvalue weighted by Crippen LogP contribution is -2.49. The van der Waals surface area contributed by atoms with Gasteiger partial charge in [0.2, 0.25) is 0 Å². The first-order valence-corrected chi connectivity index (χ1v) is 7.82. The zero-order chi connectivity index (χ0) is 16.7. The van der Waals surface area contributed by atoms with Gasteiger partial charge in [-0.25, -0.2) is 9.78 Å². The Hall–Kier alpha value is -1.82. The summed E-state index contributed by atoms with van der Waals surface area (Å²) in [6.07, 6.45) is -0.921. The molecule has 0 bridgehead atoms. The predicted octanol–water partition coefficient (Wildman–Crippen LogP) is 2.51. The predicted molar refractivity (Wildman–Crippen MR) is 88.6 cm³/mol. The Balaban J connectivity index is 2.96. The average molecular weight is 308 g/mol. The van der Waals surface area contributed by atoms with Crippen LogP contribution in [0, 0.1) is 5.92 Å². The van der Waals surface area contributed by atoms with Gasteiger partial charge in [-0.05, 0) is 31.1 Å². The van der Waals surface area contributed by atoms with E-state index >= 15 is 0 Å². The third kappa shape index (κ3) is 5.18. The average Bonchev–Trinajstić information content (AvgIpc) is 2.46. The molecule has 1 rings (SSSR count). The van der Waals surface area contributed by atoms with Crippen LogP contribution in [0.25, 0.3) is 0 Å². The fourth-order valence-electron chi connectivity index (χ4n) is 2.50. The number of nitrogens with two attached hydrogens (primary N) is 1. The first-order chi connectivity index (χ1) is 10.4. The standard InChI is InChI=1S/C16H28N4O2/c1-5-19(6-2)11-14(12(3)4)20(16(21)22)10-13-8-7-9-15(17)18-13/h7-9,12,14H,5-6,10-11H2,1-4H3,(H2,17,18)(H,21,22). The SMILES string of the molecule is CCN(CC)CC(C(C)C)N(Cc1cccc(N)n1)C(=O)O. The zero-order valence-electron chi connectivity index (χ0n) is 14.0. The minimum atomic E-state index is -0.921. The molecule has 0 saturated heterocycles. The van der Waals surface area contributed by atoms with Gasteiger partial charge in [0.1, 0.15) is 5.82 Å². The summed E-state index contributed by atoms with van der Waals surface area (Å²) in [5.74, 6) is 0.630. The molecule has 0 spiro atoms. The number of nitrogens with zero attached hydrogens (tertiary/aromatic N) is 3. The van der Waals surface area contributed by atoms with Crippen LogP contribution in [-0.2, 0) is 6.54 Å². The Bertz CT molecular complexity index is 475. The highest BCUT2D eigenvalue weighted by molar-refractivity contribution is 5.65. The topological polar surface area (TPSA) is 82.7 Å². The van der Waals surface area contributed by atoms with E-state index in [1.54, 1.807) is 18.2 Å². The van der Waals surface area contributed by atoms with Crippen LogP contribution in [0.15, 0.2) is 18.2 Å².